The van der Waals surface area contributed by atoms with Crippen LogP contribution in [-0.2, 0) is 0 Å². The van der Waals surface area contributed by atoms with Crippen LogP contribution in [0.2, 0.25) is 0 Å². The lowest BCUT2D eigenvalue weighted by molar-refractivity contribution is 0.252. The number of hydrogen-bond acceptors (Lipinski definition) is 1. The Balaban J connectivity index is 4.28. The molecule has 0 nitrogen and oxygen atoms in total. The van der Waals surface area contributed by atoms with Crippen LogP contribution >= 0.6 is 12.6 Å². The number of thiol groups is 1. The van der Waals surface area contributed by atoms with Crippen molar-refractivity contribution in [3.63, 3.8) is 0 Å². The third-order valence-electron chi connectivity index (χ3n) is 3.03. The minimum atomic E-state index is 0.182. The summed E-state index contributed by atoms with van der Waals surface area (Å²) in [5.74, 6) is 0. The normalized spacial score (nSPS) is 18.6. The van der Waals surface area contributed by atoms with Crippen LogP contribution in [0.1, 0.15) is 47.5 Å². The summed E-state index contributed by atoms with van der Waals surface area (Å²) in [5, 5.41) is 0. The second-order valence-electron chi connectivity index (χ2n) is 3.86. The van der Waals surface area contributed by atoms with Gasteiger partial charge < -0.3 is 0 Å². The van der Waals surface area contributed by atoms with Gasteiger partial charge in [-0.3, -0.25) is 0 Å². The summed E-state index contributed by atoms with van der Waals surface area (Å²) in [6.07, 6.45) is 2.33. The molecule has 0 amide bonds. The van der Waals surface area contributed by atoms with Crippen LogP contribution in [0.15, 0.2) is 0 Å². The molecule has 1 heteroatoms. The van der Waals surface area contributed by atoms with Crippen molar-refractivity contribution in [2.45, 2.75) is 52.2 Å². The van der Waals surface area contributed by atoms with Crippen LogP contribution in [0.4, 0.5) is 0 Å². The van der Waals surface area contributed by atoms with Gasteiger partial charge in [0.2, 0.25) is 0 Å². The maximum absolute atomic E-state index is 4.65. The van der Waals surface area contributed by atoms with Crippen molar-refractivity contribution in [1.82, 2.24) is 0 Å². The summed E-state index contributed by atoms with van der Waals surface area (Å²) >= 11 is 4.65. The van der Waals surface area contributed by atoms with Gasteiger partial charge in [0, 0.05) is 4.75 Å². The second-order valence-corrected chi connectivity index (χ2v) is 4.85. The summed E-state index contributed by atoms with van der Waals surface area (Å²) in [7, 11) is 0. The topological polar surface area (TPSA) is 0 Å². The summed E-state index contributed by atoms with van der Waals surface area (Å²) in [6, 6.07) is 0. The Kier molecular flexibility index (Phi) is 3.28. The molecule has 0 radical (unpaired) electrons. The first-order valence-electron chi connectivity index (χ1n) is 4.09. The van der Waals surface area contributed by atoms with E-state index in [1.54, 1.807) is 0 Å². The fourth-order valence-electron chi connectivity index (χ4n) is 0.859. The second kappa shape index (κ2) is 3.17. The zero-order chi connectivity index (χ0) is 8.41. The van der Waals surface area contributed by atoms with Gasteiger partial charge in [-0.25, -0.2) is 0 Å². The lowest BCUT2D eigenvalue weighted by Crippen LogP contribution is -2.35. The molecule has 1 unspecified atom stereocenters. The van der Waals surface area contributed by atoms with Crippen LogP contribution < -0.4 is 0 Å². The van der Waals surface area contributed by atoms with Gasteiger partial charge in [0.25, 0.3) is 0 Å². The quantitative estimate of drug-likeness (QED) is 0.600. The highest BCUT2D eigenvalue weighted by Gasteiger charge is 2.34. The Bertz CT molecular complexity index is 89.3. The number of rotatable bonds is 3. The maximum atomic E-state index is 4.65. The third-order valence-corrected chi connectivity index (χ3v) is 3.95. The van der Waals surface area contributed by atoms with Crippen LogP contribution in [-0.4, -0.2) is 4.75 Å². The molecule has 0 aliphatic heterocycles. The Morgan fingerprint density at radius 3 is 1.50 bits per heavy atom. The minimum absolute atomic E-state index is 0.182. The first-order valence-corrected chi connectivity index (χ1v) is 4.54. The molecule has 0 aromatic heterocycles. The van der Waals surface area contributed by atoms with Crippen molar-refractivity contribution in [3.05, 3.63) is 0 Å². The van der Waals surface area contributed by atoms with E-state index < -0.39 is 0 Å². The molecule has 0 aliphatic carbocycles. The van der Waals surface area contributed by atoms with Gasteiger partial charge in [-0.1, -0.05) is 34.6 Å². The lowest BCUT2D eigenvalue weighted by Gasteiger charge is -2.39. The molecule has 0 rings (SSSR count). The molecule has 0 aliphatic rings. The van der Waals surface area contributed by atoms with Crippen LogP contribution in [0.5, 0.6) is 0 Å². The lowest BCUT2D eigenvalue weighted by atomic mass is 9.75. The Morgan fingerprint density at radius 2 is 1.40 bits per heavy atom. The molecule has 62 valence electrons. The van der Waals surface area contributed by atoms with Gasteiger partial charge in [-0.15, -0.1) is 0 Å². The fraction of sp³-hybridized carbons (Fsp3) is 1.00. The van der Waals surface area contributed by atoms with Gasteiger partial charge in [-0.2, -0.15) is 12.6 Å². The van der Waals surface area contributed by atoms with Crippen molar-refractivity contribution in [1.29, 1.82) is 0 Å². The molecular weight excluding hydrogens is 140 g/mol. The third kappa shape index (κ3) is 1.91. The molecule has 0 bridgehead atoms. The fourth-order valence-corrected chi connectivity index (χ4v) is 1.02. The van der Waals surface area contributed by atoms with Crippen LogP contribution in [0.25, 0.3) is 0 Å². The smallest absolute Gasteiger partial charge is 0.0150 e. The summed E-state index contributed by atoms with van der Waals surface area (Å²) in [4.78, 5) is 0. The molecule has 1 atom stereocenters. The molecule has 0 fully saturated rings. The largest absolute Gasteiger partial charge is 0.172 e. The van der Waals surface area contributed by atoms with Crippen molar-refractivity contribution in [3.8, 4) is 0 Å². The first-order chi connectivity index (χ1) is 4.37. The van der Waals surface area contributed by atoms with E-state index in [1.807, 2.05) is 0 Å². The standard InChI is InChI=1S/C9H20S/c1-6-8(3,4)9(5,10)7-2/h10H,6-7H2,1-5H3. The van der Waals surface area contributed by atoms with Crippen LogP contribution in [0, 0.1) is 5.41 Å². The monoisotopic (exact) mass is 160 g/mol. The van der Waals surface area contributed by atoms with E-state index in [2.05, 4.69) is 47.2 Å². The molecular formula is C9H20S. The number of hydrogen-bond donors (Lipinski definition) is 1. The van der Waals surface area contributed by atoms with E-state index in [0.29, 0.717) is 5.41 Å². The molecule has 0 saturated heterocycles. The van der Waals surface area contributed by atoms with Gasteiger partial charge >= 0.3 is 0 Å². The van der Waals surface area contributed by atoms with Gasteiger partial charge in [-0.05, 0) is 18.3 Å². The van der Waals surface area contributed by atoms with E-state index in [4.69, 9.17) is 0 Å². The minimum Gasteiger partial charge on any atom is -0.172 e. The Hall–Kier alpha value is 0.350. The summed E-state index contributed by atoms with van der Waals surface area (Å²) in [5.41, 5.74) is 0.352. The average molecular weight is 160 g/mol. The molecule has 0 spiro atoms. The Labute approximate surface area is 70.8 Å². The summed E-state index contributed by atoms with van der Waals surface area (Å²) < 4.78 is 0.182. The predicted molar refractivity (Wildman–Crippen MR) is 51.8 cm³/mol. The van der Waals surface area contributed by atoms with Gasteiger partial charge in [0.1, 0.15) is 0 Å². The average Bonchev–Trinajstić information content (AvgIpc) is 1.88. The predicted octanol–water partition coefficient (Wildman–Crippen LogP) is 3.52. The van der Waals surface area contributed by atoms with Crippen molar-refractivity contribution in [2.75, 3.05) is 0 Å². The maximum Gasteiger partial charge on any atom is 0.0150 e. The first kappa shape index (κ1) is 10.3. The van der Waals surface area contributed by atoms with E-state index in [9.17, 15) is 0 Å². The highest BCUT2D eigenvalue weighted by molar-refractivity contribution is 7.81. The van der Waals surface area contributed by atoms with E-state index >= 15 is 0 Å². The van der Waals surface area contributed by atoms with Crippen molar-refractivity contribution in [2.24, 2.45) is 5.41 Å². The molecule has 0 heterocycles. The molecule has 0 aromatic carbocycles. The zero-order valence-corrected chi connectivity index (χ0v) is 8.76. The van der Waals surface area contributed by atoms with Crippen molar-refractivity contribution >= 4 is 12.6 Å². The van der Waals surface area contributed by atoms with Gasteiger partial charge in [0.05, 0.1) is 0 Å². The Morgan fingerprint density at radius 1 is 1.00 bits per heavy atom. The van der Waals surface area contributed by atoms with E-state index in [1.165, 1.54) is 6.42 Å². The molecule has 0 saturated carbocycles. The van der Waals surface area contributed by atoms with Crippen LogP contribution in [0.3, 0.4) is 0 Å². The van der Waals surface area contributed by atoms with E-state index in [0.717, 1.165) is 6.42 Å². The molecule has 0 N–H and O–H groups in total. The SMILES string of the molecule is CCC(C)(C)C(C)(S)CC. The zero-order valence-electron chi connectivity index (χ0n) is 7.86. The molecule has 0 aromatic rings. The molecule has 10 heavy (non-hydrogen) atoms. The van der Waals surface area contributed by atoms with E-state index in [-0.39, 0.29) is 4.75 Å². The summed E-state index contributed by atoms with van der Waals surface area (Å²) in [6.45, 7) is 11.2. The van der Waals surface area contributed by atoms with Crippen molar-refractivity contribution < 1.29 is 0 Å². The van der Waals surface area contributed by atoms with Gasteiger partial charge in [0.15, 0.2) is 0 Å². The highest BCUT2D eigenvalue weighted by atomic mass is 32.1. The highest BCUT2D eigenvalue weighted by Crippen LogP contribution is 2.41.